The van der Waals surface area contributed by atoms with Crippen molar-refractivity contribution in [2.45, 2.75) is 97.2 Å². The quantitative estimate of drug-likeness (QED) is 0.317. The van der Waals surface area contributed by atoms with Crippen molar-refractivity contribution < 1.29 is 9.90 Å². The Balaban J connectivity index is 1.49. The van der Waals surface area contributed by atoms with E-state index < -0.39 is 5.97 Å². The van der Waals surface area contributed by atoms with Gasteiger partial charge < -0.3 is 19.9 Å². The van der Waals surface area contributed by atoms with Crippen molar-refractivity contribution in [2.24, 2.45) is 23.7 Å². The van der Waals surface area contributed by atoms with Gasteiger partial charge in [0.1, 0.15) is 5.52 Å². The van der Waals surface area contributed by atoms with Gasteiger partial charge in [0.25, 0.3) is 0 Å². The lowest BCUT2D eigenvalue weighted by molar-refractivity contribution is 0.0684. The highest BCUT2D eigenvalue weighted by molar-refractivity contribution is 5.91. The van der Waals surface area contributed by atoms with Gasteiger partial charge in [0.2, 0.25) is 11.8 Å². The second-order valence-electron chi connectivity index (χ2n) is 12.8. The monoisotopic (exact) mass is 544 g/mol. The van der Waals surface area contributed by atoms with Gasteiger partial charge in [-0.2, -0.15) is 4.98 Å². The summed E-state index contributed by atoms with van der Waals surface area (Å²) in [5.74, 6) is 2.61. The topological polar surface area (TPSA) is 96.2 Å². The Labute approximate surface area is 237 Å². The first-order valence-corrected chi connectivity index (χ1v) is 15.5. The first kappa shape index (κ1) is 27.0. The van der Waals surface area contributed by atoms with E-state index in [2.05, 4.69) is 75.9 Å². The predicted molar refractivity (Wildman–Crippen MR) is 159 cm³/mol. The van der Waals surface area contributed by atoms with Crippen molar-refractivity contribution in [1.29, 1.82) is 0 Å². The van der Waals surface area contributed by atoms with Crippen molar-refractivity contribution in [3.8, 4) is 0 Å². The molecule has 0 bridgehead atoms. The molecule has 6 rings (SSSR count). The molecule has 3 aliphatic rings. The minimum Gasteiger partial charge on any atom is -0.475 e. The van der Waals surface area contributed by atoms with Crippen LogP contribution < -0.4 is 10.2 Å². The molecule has 3 fully saturated rings. The molecule has 2 N–H and O–H groups in total. The zero-order valence-electron chi connectivity index (χ0n) is 24.2. The summed E-state index contributed by atoms with van der Waals surface area (Å²) in [7, 11) is 0. The molecule has 3 aromatic rings. The summed E-state index contributed by atoms with van der Waals surface area (Å²) in [4.78, 5) is 28.8. The number of carbonyl (C=O) groups is 1. The van der Waals surface area contributed by atoms with E-state index in [9.17, 15) is 9.90 Å². The number of anilines is 2. The minimum atomic E-state index is -1.12. The number of nitrogens with one attached hydrogen (secondary N) is 1. The van der Waals surface area contributed by atoms with E-state index in [0.717, 1.165) is 36.9 Å². The lowest BCUT2D eigenvalue weighted by atomic mass is 9.80. The van der Waals surface area contributed by atoms with Crippen LogP contribution in [0.25, 0.3) is 11.2 Å². The Morgan fingerprint density at radius 2 is 1.75 bits per heavy atom. The van der Waals surface area contributed by atoms with E-state index in [0.29, 0.717) is 29.2 Å². The third-order valence-electron chi connectivity index (χ3n) is 9.90. The number of piperidine rings is 1. The SMILES string of the molecule is CC1CCCN(c2nc3nc(C(=O)O)nc(N[C@H](C)C4CCC4)c3n2C[C@H]2CC[C@H](C)CC2)C1c1ccccc1. The minimum absolute atomic E-state index is 0.190. The summed E-state index contributed by atoms with van der Waals surface area (Å²) in [5.41, 5.74) is 2.64. The summed E-state index contributed by atoms with van der Waals surface area (Å²) in [5, 5.41) is 13.5. The maximum absolute atomic E-state index is 12.1. The second-order valence-corrected chi connectivity index (χ2v) is 12.8. The van der Waals surface area contributed by atoms with Crippen LogP contribution in [0, 0.1) is 23.7 Å². The number of fused-ring (bicyclic) bond motifs is 1. The molecule has 0 radical (unpaired) electrons. The summed E-state index contributed by atoms with van der Waals surface area (Å²) < 4.78 is 2.35. The van der Waals surface area contributed by atoms with E-state index in [1.807, 2.05) is 0 Å². The van der Waals surface area contributed by atoms with Gasteiger partial charge >= 0.3 is 5.97 Å². The van der Waals surface area contributed by atoms with Gasteiger partial charge in [-0.05, 0) is 74.7 Å². The van der Waals surface area contributed by atoms with Crippen molar-refractivity contribution >= 4 is 28.9 Å². The maximum atomic E-state index is 12.1. The Hall–Kier alpha value is -3.16. The number of aromatic carboxylic acids is 1. The van der Waals surface area contributed by atoms with Gasteiger partial charge in [0, 0.05) is 19.1 Å². The number of rotatable bonds is 8. The van der Waals surface area contributed by atoms with Crippen LogP contribution in [0.5, 0.6) is 0 Å². The van der Waals surface area contributed by atoms with Crippen LogP contribution in [0.3, 0.4) is 0 Å². The number of imidazole rings is 1. The first-order valence-electron chi connectivity index (χ1n) is 15.5. The van der Waals surface area contributed by atoms with E-state index in [1.165, 1.54) is 56.9 Å². The fraction of sp³-hybridized carbons (Fsp3) is 0.625. The highest BCUT2D eigenvalue weighted by atomic mass is 16.4. The average molecular weight is 545 g/mol. The summed E-state index contributed by atoms with van der Waals surface area (Å²) in [6, 6.07) is 11.2. The van der Waals surface area contributed by atoms with E-state index in [1.54, 1.807) is 0 Å². The molecular weight excluding hydrogens is 500 g/mol. The number of hydrogen-bond donors (Lipinski definition) is 2. The Morgan fingerprint density at radius 1 is 1.00 bits per heavy atom. The molecule has 0 amide bonds. The summed E-state index contributed by atoms with van der Waals surface area (Å²) in [6.45, 7) is 8.66. The maximum Gasteiger partial charge on any atom is 0.374 e. The molecule has 8 nitrogen and oxygen atoms in total. The first-order chi connectivity index (χ1) is 19.4. The molecule has 1 aromatic carbocycles. The molecule has 1 aliphatic heterocycles. The number of aromatic nitrogens is 4. The van der Waals surface area contributed by atoms with Gasteiger partial charge in [-0.1, -0.05) is 63.4 Å². The number of carboxylic acids is 1. The van der Waals surface area contributed by atoms with E-state index in [-0.39, 0.29) is 17.9 Å². The molecule has 2 aromatic heterocycles. The zero-order chi connectivity index (χ0) is 27.8. The molecule has 8 heteroatoms. The predicted octanol–water partition coefficient (Wildman–Crippen LogP) is 6.93. The zero-order valence-corrected chi connectivity index (χ0v) is 24.2. The van der Waals surface area contributed by atoms with Crippen molar-refractivity contribution in [3.63, 3.8) is 0 Å². The molecule has 2 unspecified atom stereocenters. The van der Waals surface area contributed by atoms with Gasteiger partial charge in [0.15, 0.2) is 11.5 Å². The fourth-order valence-electron chi connectivity index (χ4n) is 7.23. The Morgan fingerprint density at radius 3 is 2.42 bits per heavy atom. The molecule has 3 heterocycles. The normalized spacial score (nSPS) is 26.4. The highest BCUT2D eigenvalue weighted by Crippen LogP contribution is 2.42. The van der Waals surface area contributed by atoms with Crippen LogP contribution in [-0.2, 0) is 6.54 Å². The standard InChI is InChI=1S/C32H44N6O2/c1-20-14-16-23(17-15-20)19-38-27-28(33-22(3)24-12-7-13-24)34-30(31(39)40)35-29(27)36-32(38)37-18-8-9-21(2)26(37)25-10-5-4-6-11-25/h4-6,10-11,20-24,26H,7-9,12-19H2,1-3H3,(H,39,40)(H,33,34,35)/t20-,21?,22-,23-,26?/m1/s1. The molecule has 40 heavy (non-hydrogen) atoms. The third-order valence-corrected chi connectivity index (χ3v) is 9.90. The van der Waals surface area contributed by atoms with Crippen LogP contribution in [0.4, 0.5) is 11.8 Å². The molecule has 2 aliphatic carbocycles. The largest absolute Gasteiger partial charge is 0.475 e. The van der Waals surface area contributed by atoms with Gasteiger partial charge in [0.05, 0.1) is 6.04 Å². The molecular formula is C32H44N6O2. The lowest BCUT2D eigenvalue weighted by Gasteiger charge is -2.41. The van der Waals surface area contributed by atoms with Gasteiger partial charge in [-0.15, -0.1) is 0 Å². The van der Waals surface area contributed by atoms with Crippen molar-refractivity contribution in [3.05, 3.63) is 41.7 Å². The third kappa shape index (κ3) is 5.29. The van der Waals surface area contributed by atoms with Crippen LogP contribution in [0.2, 0.25) is 0 Å². The van der Waals surface area contributed by atoms with Crippen LogP contribution in [0.1, 0.15) is 101 Å². The summed E-state index contributed by atoms with van der Waals surface area (Å²) in [6.07, 6.45) is 10.8. The van der Waals surface area contributed by atoms with Crippen LogP contribution in [0.15, 0.2) is 30.3 Å². The Kier molecular flexibility index (Phi) is 7.69. The number of benzene rings is 1. The number of hydrogen-bond acceptors (Lipinski definition) is 6. The average Bonchev–Trinajstić information content (AvgIpc) is 3.27. The van der Waals surface area contributed by atoms with Gasteiger partial charge in [-0.3, -0.25) is 0 Å². The Bertz CT molecular complexity index is 1330. The molecule has 214 valence electrons. The highest BCUT2D eigenvalue weighted by Gasteiger charge is 2.35. The van der Waals surface area contributed by atoms with Gasteiger partial charge in [-0.25, -0.2) is 14.8 Å². The van der Waals surface area contributed by atoms with E-state index in [4.69, 9.17) is 4.98 Å². The van der Waals surface area contributed by atoms with Crippen LogP contribution in [-0.4, -0.2) is 43.2 Å². The molecule has 0 spiro atoms. The van der Waals surface area contributed by atoms with Crippen molar-refractivity contribution in [2.75, 3.05) is 16.8 Å². The molecule has 3 atom stereocenters. The fourth-order valence-corrected chi connectivity index (χ4v) is 7.23. The second kappa shape index (κ2) is 11.4. The number of carboxylic acid groups (broad SMARTS) is 1. The van der Waals surface area contributed by atoms with E-state index >= 15 is 0 Å². The van der Waals surface area contributed by atoms with Crippen molar-refractivity contribution in [1.82, 2.24) is 19.5 Å². The molecule has 2 saturated carbocycles. The van der Waals surface area contributed by atoms with Crippen LogP contribution >= 0.6 is 0 Å². The smallest absolute Gasteiger partial charge is 0.374 e. The summed E-state index contributed by atoms with van der Waals surface area (Å²) >= 11 is 0. The lowest BCUT2D eigenvalue weighted by Crippen LogP contribution is -2.40. The number of nitrogens with zero attached hydrogens (tertiary/aromatic N) is 5. The molecule has 1 saturated heterocycles.